The molecule has 0 spiro atoms. The van der Waals surface area contributed by atoms with Crippen LogP contribution in [0.1, 0.15) is 25.8 Å². The zero-order chi connectivity index (χ0) is 15.7. The van der Waals surface area contributed by atoms with Crippen LogP contribution >= 0.6 is 0 Å². The number of aryl methyl sites for hydroxylation is 1. The lowest BCUT2D eigenvalue weighted by Crippen LogP contribution is -2.35. The molecular formula is C16H25NO4. The summed E-state index contributed by atoms with van der Waals surface area (Å²) in [5.74, 6) is 0.470. The molecule has 1 atom stereocenters. The summed E-state index contributed by atoms with van der Waals surface area (Å²) in [4.78, 5) is 11.1. The van der Waals surface area contributed by atoms with E-state index in [-0.39, 0.29) is 12.6 Å². The van der Waals surface area contributed by atoms with E-state index in [1.165, 1.54) is 7.11 Å². The zero-order valence-electron chi connectivity index (χ0n) is 13.0. The van der Waals surface area contributed by atoms with Crippen LogP contribution in [0.4, 0.5) is 0 Å². The van der Waals surface area contributed by atoms with E-state index >= 15 is 0 Å². The van der Waals surface area contributed by atoms with Gasteiger partial charge in [-0.3, -0.25) is 4.79 Å². The standard InChI is InChI=1S/C16H25NO4/c1-12(2)17-10-14(18)11-21-15-6-4-5-13(9-15)7-8-16(19)20-3/h4-6,9,12,14,17-18H,7-8,10-11H2,1-3H3. The van der Waals surface area contributed by atoms with Crippen LogP contribution in [-0.2, 0) is 16.0 Å². The average molecular weight is 295 g/mol. The molecule has 21 heavy (non-hydrogen) atoms. The van der Waals surface area contributed by atoms with Crippen molar-refractivity contribution in [2.45, 2.75) is 38.8 Å². The number of aliphatic hydroxyl groups excluding tert-OH is 1. The molecular weight excluding hydrogens is 270 g/mol. The monoisotopic (exact) mass is 295 g/mol. The van der Waals surface area contributed by atoms with Gasteiger partial charge in [-0.05, 0) is 24.1 Å². The lowest BCUT2D eigenvalue weighted by Gasteiger charge is -2.15. The van der Waals surface area contributed by atoms with E-state index in [0.29, 0.717) is 31.2 Å². The number of rotatable bonds is 9. The molecule has 0 radical (unpaired) electrons. The first-order chi connectivity index (χ1) is 10.0. The van der Waals surface area contributed by atoms with Gasteiger partial charge < -0.3 is 19.9 Å². The number of ether oxygens (including phenoxy) is 2. The maximum Gasteiger partial charge on any atom is 0.305 e. The number of methoxy groups -OCH3 is 1. The lowest BCUT2D eigenvalue weighted by molar-refractivity contribution is -0.140. The van der Waals surface area contributed by atoms with Crippen molar-refractivity contribution in [2.24, 2.45) is 0 Å². The summed E-state index contributed by atoms with van der Waals surface area (Å²) < 4.78 is 10.2. The number of esters is 1. The molecule has 1 rings (SSSR count). The first kappa shape index (κ1) is 17.5. The van der Waals surface area contributed by atoms with Gasteiger partial charge in [-0.25, -0.2) is 0 Å². The number of nitrogens with one attached hydrogen (secondary N) is 1. The summed E-state index contributed by atoms with van der Waals surface area (Å²) in [6, 6.07) is 7.87. The van der Waals surface area contributed by atoms with Gasteiger partial charge in [0.25, 0.3) is 0 Å². The summed E-state index contributed by atoms with van der Waals surface area (Å²) in [6.07, 6.45) is 0.411. The molecule has 5 heteroatoms. The highest BCUT2D eigenvalue weighted by Crippen LogP contribution is 2.15. The van der Waals surface area contributed by atoms with Crippen LogP contribution in [0.2, 0.25) is 0 Å². The second-order valence-corrected chi connectivity index (χ2v) is 5.25. The largest absolute Gasteiger partial charge is 0.491 e. The zero-order valence-corrected chi connectivity index (χ0v) is 13.0. The van der Waals surface area contributed by atoms with Gasteiger partial charge in [0.2, 0.25) is 0 Å². The summed E-state index contributed by atoms with van der Waals surface area (Å²) in [6.45, 7) is 4.79. The van der Waals surface area contributed by atoms with Crippen LogP contribution in [0.3, 0.4) is 0 Å². The molecule has 0 saturated heterocycles. The fraction of sp³-hybridized carbons (Fsp3) is 0.562. The normalized spacial score (nSPS) is 12.2. The molecule has 0 heterocycles. The van der Waals surface area contributed by atoms with Gasteiger partial charge in [0, 0.05) is 19.0 Å². The number of benzene rings is 1. The van der Waals surface area contributed by atoms with E-state index in [0.717, 1.165) is 5.56 Å². The predicted molar refractivity (Wildman–Crippen MR) is 81.4 cm³/mol. The molecule has 0 aliphatic carbocycles. The Labute approximate surface area is 126 Å². The highest BCUT2D eigenvalue weighted by atomic mass is 16.5. The number of hydrogen-bond donors (Lipinski definition) is 2. The van der Waals surface area contributed by atoms with Gasteiger partial charge in [0.05, 0.1) is 7.11 Å². The average Bonchev–Trinajstić information content (AvgIpc) is 2.48. The van der Waals surface area contributed by atoms with E-state index in [1.807, 2.05) is 38.1 Å². The molecule has 0 fully saturated rings. The van der Waals surface area contributed by atoms with Crippen molar-refractivity contribution in [2.75, 3.05) is 20.3 Å². The topological polar surface area (TPSA) is 67.8 Å². The fourth-order valence-corrected chi connectivity index (χ4v) is 1.76. The third-order valence-electron chi connectivity index (χ3n) is 2.95. The van der Waals surface area contributed by atoms with Gasteiger partial charge in [-0.1, -0.05) is 26.0 Å². The van der Waals surface area contributed by atoms with Crippen LogP contribution in [0.25, 0.3) is 0 Å². The summed E-state index contributed by atoms with van der Waals surface area (Å²) >= 11 is 0. The molecule has 118 valence electrons. The summed E-state index contributed by atoms with van der Waals surface area (Å²) in [7, 11) is 1.38. The highest BCUT2D eigenvalue weighted by Gasteiger charge is 2.07. The molecule has 1 unspecified atom stereocenters. The fourth-order valence-electron chi connectivity index (χ4n) is 1.76. The Kier molecular flexibility index (Phi) is 7.79. The molecule has 0 aliphatic rings. The lowest BCUT2D eigenvalue weighted by atomic mass is 10.1. The Hall–Kier alpha value is -1.59. The maximum absolute atomic E-state index is 11.1. The molecule has 5 nitrogen and oxygen atoms in total. The molecule has 1 aromatic carbocycles. The van der Waals surface area contributed by atoms with Crippen LogP contribution in [0.5, 0.6) is 5.75 Å². The van der Waals surface area contributed by atoms with Crippen molar-refractivity contribution in [3.8, 4) is 5.75 Å². The van der Waals surface area contributed by atoms with Crippen LogP contribution < -0.4 is 10.1 Å². The molecule has 1 aromatic rings. The minimum absolute atomic E-state index is 0.225. The second-order valence-electron chi connectivity index (χ2n) is 5.25. The Bertz CT molecular complexity index is 434. The van der Waals surface area contributed by atoms with Crippen molar-refractivity contribution in [1.82, 2.24) is 5.32 Å². The molecule has 0 aliphatic heterocycles. The van der Waals surface area contributed by atoms with Gasteiger partial charge in [0.15, 0.2) is 0 Å². The smallest absolute Gasteiger partial charge is 0.305 e. The Balaban J connectivity index is 2.40. The van der Waals surface area contributed by atoms with E-state index in [1.54, 1.807) is 0 Å². The van der Waals surface area contributed by atoms with Gasteiger partial charge in [0.1, 0.15) is 18.5 Å². The van der Waals surface area contributed by atoms with E-state index in [2.05, 4.69) is 10.1 Å². The Morgan fingerprint density at radius 1 is 1.38 bits per heavy atom. The van der Waals surface area contributed by atoms with Crippen molar-refractivity contribution >= 4 is 5.97 Å². The van der Waals surface area contributed by atoms with E-state index < -0.39 is 6.10 Å². The Morgan fingerprint density at radius 2 is 2.14 bits per heavy atom. The minimum atomic E-state index is -0.550. The van der Waals surface area contributed by atoms with E-state index in [9.17, 15) is 9.90 Å². The second kappa shape index (κ2) is 9.37. The Morgan fingerprint density at radius 3 is 2.81 bits per heavy atom. The van der Waals surface area contributed by atoms with Crippen molar-refractivity contribution in [1.29, 1.82) is 0 Å². The number of carbonyl (C=O) groups is 1. The minimum Gasteiger partial charge on any atom is -0.491 e. The van der Waals surface area contributed by atoms with Crippen molar-refractivity contribution in [3.05, 3.63) is 29.8 Å². The van der Waals surface area contributed by atoms with Crippen molar-refractivity contribution in [3.63, 3.8) is 0 Å². The third-order valence-corrected chi connectivity index (χ3v) is 2.95. The van der Waals surface area contributed by atoms with Gasteiger partial charge in [-0.15, -0.1) is 0 Å². The summed E-state index contributed by atoms with van der Waals surface area (Å²) in [5, 5.41) is 12.9. The van der Waals surface area contributed by atoms with E-state index in [4.69, 9.17) is 4.74 Å². The van der Waals surface area contributed by atoms with Crippen molar-refractivity contribution < 1.29 is 19.4 Å². The summed E-state index contributed by atoms with van der Waals surface area (Å²) in [5.41, 5.74) is 1.01. The van der Waals surface area contributed by atoms with Crippen LogP contribution in [0.15, 0.2) is 24.3 Å². The maximum atomic E-state index is 11.1. The predicted octanol–water partition coefficient (Wildman–Crippen LogP) is 1.53. The molecule has 2 N–H and O–H groups in total. The molecule has 0 bridgehead atoms. The molecule has 0 saturated carbocycles. The first-order valence-corrected chi connectivity index (χ1v) is 7.21. The van der Waals surface area contributed by atoms with Gasteiger partial charge >= 0.3 is 5.97 Å². The van der Waals surface area contributed by atoms with Gasteiger partial charge in [-0.2, -0.15) is 0 Å². The quantitative estimate of drug-likeness (QED) is 0.676. The SMILES string of the molecule is COC(=O)CCc1cccc(OCC(O)CNC(C)C)c1. The number of carbonyl (C=O) groups excluding carboxylic acids is 1. The highest BCUT2D eigenvalue weighted by molar-refractivity contribution is 5.69. The first-order valence-electron chi connectivity index (χ1n) is 7.21. The third kappa shape index (κ3) is 7.68. The van der Waals surface area contributed by atoms with Crippen LogP contribution in [0, 0.1) is 0 Å². The number of aliphatic hydroxyl groups is 1. The van der Waals surface area contributed by atoms with Crippen LogP contribution in [-0.4, -0.2) is 43.5 Å². The molecule has 0 aromatic heterocycles. The molecule has 0 amide bonds. The number of hydrogen-bond acceptors (Lipinski definition) is 5.